The standard InChI is InChI=1S/C12H16N2O5/c1-9-7-10(14(16)17)3-4-11(9)19-8-12(15)13-5-6-18-2/h3-4,7H,5-6,8H2,1-2H3,(H,13,15). The zero-order chi connectivity index (χ0) is 14.3. The van der Waals surface area contributed by atoms with Gasteiger partial charge in [0, 0.05) is 25.8 Å². The number of rotatable bonds is 7. The second-order valence-electron chi connectivity index (χ2n) is 3.84. The monoisotopic (exact) mass is 268 g/mol. The minimum Gasteiger partial charge on any atom is -0.484 e. The number of nitrogens with one attached hydrogen (secondary N) is 1. The molecule has 0 aromatic heterocycles. The van der Waals surface area contributed by atoms with Crippen molar-refractivity contribution in [2.75, 3.05) is 26.9 Å². The maximum atomic E-state index is 11.4. The highest BCUT2D eigenvalue weighted by Crippen LogP contribution is 2.22. The molecule has 1 N–H and O–H groups in total. The largest absolute Gasteiger partial charge is 0.484 e. The van der Waals surface area contributed by atoms with Crippen LogP contribution in [-0.4, -0.2) is 37.7 Å². The number of aryl methyl sites for hydroxylation is 1. The normalized spacial score (nSPS) is 10.0. The number of nitrogens with zero attached hydrogens (tertiary/aromatic N) is 1. The average Bonchev–Trinajstić information content (AvgIpc) is 2.37. The van der Waals surface area contributed by atoms with E-state index in [1.807, 2.05) is 0 Å². The van der Waals surface area contributed by atoms with Crippen LogP contribution in [-0.2, 0) is 9.53 Å². The number of hydrogen-bond donors (Lipinski definition) is 1. The van der Waals surface area contributed by atoms with E-state index in [2.05, 4.69) is 5.32 Å². The molecule has 7 nitrogen and oxygen atoms in total. The van der Waals surface area contributed by atoms with Crippen molar-refractivity contribution in [3.8, 4) is 5.75 Å². The Morgan fingerprint density at radius 2 is 2.21 bits per heavy atom. The number of ether oxygens (including phenoxy) is 2. The number of methoxy groups -OCH3 is 1. The molecule has 0 fully saturated rings. The molecule has 0 aliphatic heterocycles. The Bertz CT molecular complexity index is 461. The predicted molar refractivity (Wildman–Crippen MR) is 68.2 cm³/mol. The first kappa shape index (κ1) is 14.9. The van der Waals surface area contributed by atoms with Gasteiger partial charge in [-0.2, -0.15) is 0 Å². The lowest BCUT2D eigenvalue weighted by atomic mass is 10.2. The Morgan fingerprint density at radius 1 is 1.47 bits per heavy atom. The van der Waals surface area contributed by atoms with Gasteiger partial charge in [-0.05, 0) is 18.6 Å². The van der Waals surface area contributed by atoms with Crippen LogP contribution < -0.4 is 10.1 Å². The van der Waals surface area contributed by atoms with Gasteiger partial charge in [0.1, 0.15) is 5.75 Å². The Labute approximate surface area is 110 Å². The molecule has 1 aromatic rings. The van der Waals surface area contributed by atoms with Crippen LogP contribution in [0.5, 0.6) is 5.75 Å². The minimum absolute atomic E-state index is 0.00519. The molecule has 1 rings (SSSR count). The van der Waals surface area contributed by atoms with Crippen molar-refractivity contribution in [1.29, 1.82) is 0 Å². The number of carbonyl (C=O) groups is 1. The number of carbonyl (C=O) groups excluding carboxylic acids is 1. The van der Waals surface area contributed by atoms with Crippen molar-refractivity contribution < 1.29 is 19.2 Å². The van der Waals surface area contributed by atoms with E-state index in [1.54, 1.807) is 14.0 Å². The zero-order valence-corrected chi connectivity index (χ0v) is 10.8. The fraction of sp³-hybridized carbons (Fsp3) is 0.417. The Balaban J connectivity index is 2.49. The van der Waals surface area contributed by atoms with Crippen LogP contribution in [0.3, 0.4) is 0 Å². The molecular weight excluding hydrogens is 252 g/mol. The van der Waals surface area contributed by atoms with Gasteiger partial charge in [0.05, 0.1) is 11.5 Å². The number of amides is 1. The lowest BCUT2D eigenvalue weighted by Crippen LogP contribution is -2.31. The molecule has 0 saturated heterocycles. The molecular formula is C12H16N2O5. The van der Waals surface area contributed by atoms with E-state index in [4.69, 9.17) is 9.47 Å². The summed E-state index contributed by atoms with van der Waals surface area (Å²) in [5.41, 5.74) is 0.605. The van der Waals surface area contributed by atoms with E-state index >= 15 is 0 Å². The Kier molecular flexibility index (Phi) is 5.74. The van der Waals surface area contributed by atoms with Crippen LogP contribution in [0.25, 0.3) is 0 Å². The van der Waals surface area contributed by atoms with Crippen molar-refractivity contribution in [3.05, 3.63) is 33.9 Å². The van der Waals surface area contributed by atoms with Crippen LogP contribution in [0.15, 0.2) is 18.2 Å². The van der Waals surface area contributed by atoms with E-state index in [1.165, 1.54) is 18.2 Å². The van der Waals surface area contributed by atoms with Gasteiger partial charge in [-0.1, -0.05) is 0 Å². The van der Waals surface area contributed by atoms with Crippen LogP contribution in [0.4, 0.5) is 5.69 Å². The van der Waals surface area contributed by atoms with Gasteiger partial charge in [-0.25, -0.2) is 0 Å². The molecule has 0 saturated carbocycles. The first-order valence-electron chi connectivity index (χ1n) is 5.68. The van der Waals surface area contributed by atoms with Gasteiger partial charge >= 0.3 is 0 Å². The van der Waals surface area contributed by atoms with E-state index in [-0.39, 0.29) is 18.2 Å². The molecule has 104 valence electrons. The molecule has 0 bridgehead atoms. The summed E-state index contributed by atoms with van der Waals surface area (Å²) < 4.78 is 10.1. The number of benzene rings is 1. The van der Waals surface area contributed by atoms with Crippen LogP contribution >= 0.6 is 0 Å². The highest BCUT2D eigenvalue weighted by molar-refractivity contribution is 5.77. The number of nitro benzene ring substituents is 1. The van der Waals surface area contributed by atoms with Gasteiger partial charge in [0.15, 0.2) is 6.61 Å². The molecule has 0 spiro atoms. The molecule has 0 atom stereocenters. The van der Waals surface area contributed by atoms with Crippen LogP contribution in [0, 0.1) is 17.0 Å². The molecule has 0 heterocycles. The summed E-state index contributed by atoms with van der Waals surface area (Å²) in [6.45, 7) is 2.40. The number of nitro groups is 1. The fourth-order valence-electron chi connectivity index (χ4n) is 1.40. The van der Waals surface area contributed by atoms with E-state index < -0.39 is 4.92 Å². The Morgan fingerprint density at radius 3 is 2.79 bits per heavy atom. The summed E-state index contributed by atoms with van der Waals surface area (Å²) in [6, 6.07) is 4.22. The third kappa shape index (κ3) is 4.92. The molecule has 0 aliphatic carbocycles. The summed E-state index contributed by atoms with van der Waals surface area (Å²) >= 11 is 0. The molecule has 1 amide bonds. The maximum Gasteiger partial charge on any atom is 0.269 e. The average molecular weight is 268 g/mol. The molecule has 7 heteroatoms. The third-order valence-corrected chi connectivity index (χ3v) is 2.36. The molecule has 0 unspecified atom stereocenters. The third-order valence-electron chi connectivity index (χ3n) is 2.36. The summed E-state index contributed by atoms with van der Waals surface area (Å²) in [5, 5.41) is 13.2. The summed E-state index contributed by atoms with van der Waals surface area (Å²) in [6.07, 6.45) is 0. The van der Waals surface area contributed by atoms with Crippen molar-refractivity contribution >= 4 is 11.6 Å². The highest BCUT2D eigenvalue weighted by atomic mass is 16.6. The number of non-ortho nitro benzene ring substituents is 1. The first-order chi connectivity index (χ1) is 9.04. The lowest BCUT2D eigenvalue weighted by molar-refractivity contribution is -0.384. The van der Waals surface area contributed by atoms with E-state index in [9.17, 15) is 14.9 Å². The maximum absolute atomic E-state index is 11.4. The Hall–Kier alpha value is -2.15. The van der Waals surface area contributed by atoms with Crippen LogP contribution in [0.1, 0.15) is 5.56 Å². The van der Waals surface area contributed by atoms with E-state index in [0.717, 1.165) is 0 Å². The van der Waals surface area contributed by atoms with Gasteiger partial charge in [-0.15, -0.1) is 0 Å². The fourth-order valence-corrected chi connectivity index (χ4v) is 1.40. The van der Waals surface area contributed by atoms with Crippen molar-refractivity contribution in [1.82, 2.24) is 5.32 Å². The van der Waals surface area contributed by atoms with Crippen LogP contribution in [0.2, 0.25) is 0 Å². The highest BCUT2D eigenvalue weighted by Gasteiger charge is 2.10. The van der Waals surface area contributed by atoms with Crippen molar-refractivity contribution in [2.45, 2.75) is 6.92 Å². The van der Waals surface area contributed by atoms with E-state index in [0.29, 0.717) is 24.5 Å². The van der Waals surface area contributed by atoms with Crippen molar-refractivity contribution in [3.63, 3.8) is 0 Å². The summed E-state index contributed by atoms with van der Waals surface area (Å²) in [4.78, 5) is 21.5. The molecule has 1 aromatic carbocycles. The van der Waals surface area contributed by atoms with Gasteiger partial charge < -0.3 is 14.8 Å². The second-order valence-corrected chi connectivity index (χ2v) is 3.84. The predicted octanol–water partition coefficient (Wildman–Crippen LogP) is 1.04. The lowest BCUT2D eigenvalue weighted by Gasteiger charge is -2.09. The molecule has 0 aliphatic rings. The van der Waals surface area contributed by atoms with Gasteiger partial charge in [-0.3, -0.25) is 14.9 Å². The smallest absolute Gasteiger partial charge is 0.269 e. The molecule has 0 radical (unpaired) electrons. The molecule has 19 heavy (non-hydrogen) atoms. The van der Waals surface area contributed by atoms with Crippen molar-refractivity contribution in [2.24, 2.45) is 0 Å². The van der Waals surface area contributed by atoms with Gasteiger partial charge in [0.25, 0.3) is 11.6 Å². The minimum atomic E-state index is -0.478. The first-order valence-corrected chi connectivity index (χ1v) is 5.68. The quantitative estimate of drug-likeness (QED) is 0.453. The SMILES string of the molecule is COCCNC(=O)COc1ccc([N+](=O)[O-])cc1C. The van der Waals surface area contributed by atoms with Gasteiger partial charge in [0.2, 0.25) is 0 Å². The zero-order valence-electron chi connectivity index (χ0n) is 10.8. The topological polar surface area (TPSA) is 90.7 Å². The summed E-state index contributed by atoms with van der Waals surface area (Å²) in [7, 11) is 1.54. The summed E-state index contributed by atoms with van der Waals surface area (Å²) in [5.74, 6) is 0.183. The second kappa shape index (κ2) is 7.32. The number of hydrogen-bond acceptors (Lipinski definition) is 5.